The van der Waals surface area contributed by atoms with E-state index in [1.165, 1.54) is 161 Å². The second-order valence-electron chi connectivity index (χ2n) is 37.6. The van der Waals surface area contributed by atoms with Crippen LogP contribution in [-0.2, 0) is 0 Å². The maximum absolute atomic E-state index is 5.18. The molecule has 9 aliphatic carbocycles. The Hall–Kier alpha value is -8.84. The summed E-state index contributed by atoms with van der Waals surface area (Å²) in [6.45, 7) is 51.8. The average Bonchev–Trinajstić information content (AvgIpc) is 1.71. The van der Waals surface area contributed by atoms with Crippen molar-refractivity contribution in [3.05, 3.63) is 156 Å². The van der Waals surface area contributed by atoms with Crippen molar-refractivity contribution in [2.24, 2.45) is 28.0 Å². The van der Waals surface area contributed by atoms with Gasteiger partial charge in [0.05, 0.1) is 66.1 Å². The molecule has 20 rings (SSSR count). The molecule has 1 atom stereocenters. The molecule has 10 aromatic heterocycles. The summed E-state index contributed by atoms with van der Waals surface area (Å²) in [6, 6.07) is 3.95. The van der Waals surface area contributed by atoms with Crippen molar-refractivity contribution < 1.29 is 13.6 Å². The SMILES string of the molecule is CC(C)C1=NN=CC1C1CC1.CC(C)c1cncn1C1CC1.CC(C)c1nncn1C(C)C.CC(C)c1nncn1C1CC1.CC(C)c1nocc1C1CC1.CC(C)c1nocc1C1CC1.CC(C)c1oncc1C1CC1.CC(C)n1ccnc1.CC(C)n1cncc1C1CC1.CC(C)n1nncc1C1CC1.CC(C)n1nncc1C1CC1. The highest BCUT2D eigenvalue weighted by Crippen LogP contribution is 2.47. The van der Waals surface area contributed by atoms with Gasteiger partial charge in [0, 0.05) is 143 Å². The number of hydrogen-bond donors (Lipinski definition) is 0. The van der Waals surface area contributed by atoms with Crippen molar-refractivity contribution in [3.63, 3.8) is 0 Å². The summed E-state index contributed by atoms with van der Waals surface area (Å²) in [5.74, 6) is 13.0. The molecule has 0 bridgehead atoms. The van der Waals surface area contributed by atoms with E-state index in [2.05, 4.69) is 271 Å². The maximum Gasteiger partial charge on any atom is 0.142 e. The molecule has 26 nitrogen and oxygen atoms in total. The number of imidazole rings is 3. The van der Waals surface area contributed by atoms with Gasteiger partial charge in [-0.15, -0.1) is 30.6 Å². The summed E-state index contributed by atoms with van der Waals surface area (Å²) in [7, 11) is 0. The first-order valence-corrected chi connectivity index (χ1v) is 45.1. The van der Waals surface area contributed by atoms with Crippen molar-refractivity contribution in [2.45, 2.75) is 395 Å². The Balaban J connectivity index is 0.000000137. The molecule has 1 unspecified atom stereocenters. The molecular weight excluding hydrogens is 1480 g/mol. The summed E-state index contributed by atoms with van der Waals surface area (Å²) in [5, 5.41) is 51.8. The standard InChI is InChI=1S/3C9H14N2.3C9H13NO.3C8H13N3.C8H15N3.C6H10N2/c1-7(2)11-6-10-5-9(11)8-3-4-8;1-7(2)9-5-10-6-11(9)8-3-4-8;1-6(2)9-8(5-10-11-9)7-3-4-7;2*1-6(2)9-8(5-11-10-9)7-3-4-7;1-6(2)9-8(5-10-11-9)7-3-4-7;1-6(2)8-10-9-5-11(8)7-3-4-7;2*1-6(2)11-8(5-9-10-11)7-3-4-7;1-6(2)8-10-9-5-11(8)7(3)4;1-6(2)8-4-3-7-5-8/h3*5-8H,3-4H2,1-2H3;6*5-7H,3-4H2,1-2H3;5-7H,1-4H3;3-6H,1-2H3. The second-order valence-corrected chi connectivity index (χ2v) is 37.6. The van der Waals surface area contributed by atoms with Crippen LogP contribution < -0.4 is 0 Å². The van der Waals surface area contributed by atoms with Crippen molar-refractivity contribution in [3.8, 4) is 0 Å². The lowest BCUT2D eigenvalue weighted by molar-refractivity contribution is 0.369. The lowest BCUT2D eigenvalue weighted by atomic mass is 9.92. The highest BCUT2D eigenvalue weighted by atomic mass is 16.5. The predicted molar refractivity (Wildman–Crippen MR) is 468 cm³/mol. The molecule has 11 heterocycles. The molecule has 0 spiro atoms. The molecule has 9 fully saturated rings. The monoisotopic (exact) mass is 1620 g/mol. The Morgan fingerprint density at radius 2 is 0.856 bits per heavy atom. The van der Waals surface area contributed by atoms with Gasteiger partial charge >= 0.3 is 0 Å². The van der Waals surface area contributed by atoms with Gasteiger partial charge in [0.2, 0.25) is 0 Å². The fraction of sp³-hybridized carbons (Fsp3) is 0.696. The zero-order valence-corrected chi connectivity index (χ0v) is 76.1. The van der Waals surface area contributed by atoms with E-state index in [1.54, 1.807) is 12.5 Å². The molecule has 10 aliphatic rings. The maximum atomic E-state index is 5.18. The van der Waals surface area contributed by atoms with Crippen molar-refractivity contribution >= 4 is 11.9 Å². The lowest BCUT2D eigenvalue weighted by Crippen LogP contribution is -2.19. The minimum absolute atomic E-state index is 0.452. The molecule has 10 aromatic rings. The lowest BCUT2D eigenvalue weighted by Gasteiger charge is -2.11. The third kappa shape index (κ3) is 27.6. The van der Waals surface area contributed by atoms with Crippen molar-refractivity contribution in [1.29, 1.82) is 0 Å². The van der Waals surface area contributed by atoms with Crippen molar-refractivity contribution in [1.82, 2.24) is 104 Å². The third-order valence-electron chi connectivity index (χ3n) is 22.5. The van der Waals surface area contributed by atoms with Crippen LogP contribution >= 0.6 is 0 Å². The molecule has 0 amide bonds. The van der Waals surface area contributed by atoms with Crippen LogP contribution in [0.25, 0.3) is 0 Å². The van der Waals surface area contributed by atoms with Gasteiger partial charge in [-0.05, 0) is 232 Å². The van der Waals surface area contributed by atoms with Gasteiger partial charge < -0.3 is 36.4 Å². The Kier molecular flexibility index (Phi) is 33.6. The first kappa shape index (κ1) is 91.5. The Morgan fingerprint density at radius 1 is 0.373 bits per heavy atom. The molecule has 646 valence electrons. The van der Waals surface area contributed by atoms with Crippen molar-refractivity contribution in [2.75, 3.05) is 0 Å². The normalized spacial score (nSPS) is 17.8. The molecule has 0 N–H and O–H groups in total. The van der Waals surface area contributed by atoms with Crippen LogP contribution in [0.1, 0.15) is 463 Å². The van der Waals surface area contributed by atoms with Crippen LogP contribution in [0.3, 0.4) is 0 Å². The molecule has 0 saturated heterocycles. The topological polar surface area (TPSA) is 279 Å². The molecule has 0 radical (unpaired) electrons. The molecular formula is C92H145N23O3. The van der Waals surface area contributed by atoms with E-state index in [9.17, 15) is 0 Å². The molecule has 9 saturated carbocycles. The second kappa shape index (κ2) is 43.4. The molecule has 26 heteroatoms. The van der Waals surface area contributed by atoms with Gasteiger partial charge in [-0.1, -0.05) is 123 Å². The zero-order valence-electron chi connectivity index (χ0n) is 76.1. The van der Waals surface area contributed by atoms with E-state index in [-0.39, 0.29) is 0 Å². The van der Waals surface area contributed by atoms with Crippen LogP contribution in [0.5, 0.6) is 0 Å². The number of aromatic nitrogens is 21. The van der Waals surface area contributed by atoms with Crippen LogP contribution in [0.4, 0.5) is 0 Å². The fourth-order valence-electron chi connectivity index (χ4n) is 14.3. The van der Waals surface area contributed by atoms with E-state index < -0.39 is 0 Å². The number of rotatable bonds is 21. The van der Waals surface area contributed by atoms with Gasteiger partial charge in [-0.2, -0.15) is 10.2 Å². The quantitative estimate of drug-likeness (QED) is 0.0646. The summed E-state index contributed by atoms with van der Waals surface area (Å²) < 4.78 is 30.1. The van der Waals surface area contributed by atoms with Crippen LogP contribution in [0.15, 0.2) is 111 Å². The fourth-order valence-corrected chi connectivity index (χ4v) is 14.3. The molecule has 118 heavy (non-hydrogen) atoms. The summed E-state index contributed by atoms with van der Waals surface area (Å²) in [5.41, 5.74) is 13.1. The summed E-state index contributed by atoms with van der Waals surface area (Å²) in [6.07, 6.45) is 52.4. The smallest absolute Gasteiger partial charge is 0.142 e. The first-order valence-electron chi connectivity index (χ1n) is 45.1. The Bertz CT molecular complexity index is 3620. The summed E-state index contributed by atoms with van der Waals surface area (Å²) >= 11 is 0. The minimum Gasteiger partial charge on any atom is -0.364 e. The van der Waals surface area contributed by atoms with E-state index in [4.69, 9.17) is 13.6 Å². The predicted octanol–water partition coefficient (Wildman–Crippen LogP) is 23.5. The van der Waals surface area contributed by atoms with Crippen LogP contribution in [-0.4, -0.2) is 116 Å². The number of hydrogen-bond acceptors (Lipinski definition) is 19. The van der Waals surface area contributed by atoms with Gasteiger partial charge in [-0.3, -0.25) is 0 Å². The average molecular weight is 1620 g/mol. The van der Waals surface area contributed by atoms with E-state index in [0.29, 0.717) is 83.6 Å². The Morgan fingerprint density at radius 3 is 1.26 bits per heavy atom. The molecule has 1 aliphatic heterocycles. The van der Waals surface area contributed by atoms with Gasteiger partial charge in [-0.25, -0.2) is 24.3 Å². The highest BCUT2D eigenvalue weighted by Gasteiger charge is 2.38. The third-order valence-corrected chi connectivity index (χ3v) is 22.5. The minimum atomic E-state index is 0.452. The Labute approximate surface area is 704 Å². The van der Waals surface area contributed by atoms with E-state index in [1.807, 2.05) is 90.6 Å². The summed E-state index contributed by atoms with van der Waals surface area (Å²) in [4.78, 5) is 12.2. The van der Waals surface area contributed by atoms with Gasteiger partial charge in [0.1, 0.15) is 42.6 Å². The van der Waals surface area contributed by atoms with Gasteiger partial charge in [0.15, 0.2) is 0 Å². The van der Waals surface area contributed by atoms with Crippen LogP contribution in [0.2, 0.25) is 0 Å². The first-order chi connectivity index (χ1) is 56.5. The van der Waals surface area contributed by atoms with E-state index >= 15 is 0 Å². The van der Waals surface area contributed by atoms with Gasteiger partial charge in [0.25, 0.3) is 0 Å². The zero-order chi connectivity index (χ0) is 85.0. The van der Waals surface area contributed by atoms with E-state index in [0.717, 1.165) is 76.3 Å². The highest BCUT2D eigenvalue weighted by molar-refractivity contribution is 6.03. The molecule has 0 aromatic carbocycles. The largest absolute Gasteiger partial charge is 0.364 e. The number of nitrogens with zero attached hydrogens (tertiary/aromatic N) is 23. The van der Waals surface area contributed by atoms with Crippen LogP contribution in [0, 0.1) is 17.8 Å².